The Balaban J connectivity index is 0.00000400. The van der Waals surface area contributed by atoms with Gasteiger partial charge < -0.3 is 15.8 Å². The van der Waals surface area contributed by atoms with Gasteiger partial charge in [-0.25, -0.2) is 8.78 Å². The molecule has 1 rings (SSSR count). The van der Waals surface area contributed by atoms with Gasteiger partial charge in [-0.2, -0.15) is 0 Å². The highest BCUT2D eigenvalue weighted by Gasteiger charge is 2.28. The molecule has 3 N–H and O–H groups in total. The van der Waals surface area contributed by atoms with Crippen molar-refractivity contribution in [3.05, 3.63) is 24.3 Å². The van der Waals surface area contributed by atoms with Gasteiger partial charge in [0.25, 0.3) is 5.92 Å². The van der Waals surface area contributed by atoms with Crippen LogP contribution in [0.1, 0.15) is 6.92 Å². The van der Waals surface area contributed by atoms with Crippen LogP contribution in [0.5, 0.6) is 5.75 Å². The Kier molecular flexibility index (Phi) is 8.61. The lowest BCUT2D eigenvalue weighted by Crippen LogP contribution is -2.43. The van der Waals surface area contributed by atoms with Crippen molar-refractivity contribution in [2.75, 3.05) is 20.2 Å². The molecule has 1 aromatic carbocycles. The smallest absolute Gasteiger partial charge is 0.277 e. The van der Waals surface area contributed by atoms with Crippen LogP contribution in [0.25, 0.3) is 0 Å². The first-order valence-corrected chi connectivity index (χ1v) is 6.92. The van der Waals surface area contributed by atoms with Crippen molar-refractivity contribution in [2.24, 2.45) is 5.73 Å². The number of nitrogens with one attached hydrogen (secondary N) is 1. The van der Waals surface area contributed by atoms with E-state index in [1.165, 1.54) is 11.8 Å². The molecule has 8 heteroatoms. The largest absolute Gasteiger partial charge is 0.497 e. The number of hydrogen-bond donors (Lipinski definition) is 2. The van der Waals surface area contributed by atoms with Gasteiger partial charge in [0.15, 0.2) is 0 Å². The SMILES string of the molecule is COc1ccc(SC(C)C(=O)NCC(F)(F)CN)cc1.Cl. The Hall–Kier alpha value is -1.05. The van der Waals surface area contributed by atoms with E-state index < -0.39 is 30.2 Å². The van der Waals surface area contributed by atoms with Gasteiger partial charge in [0.2, 0.25) is 5.91 Å². The third-order valence-corrected chi connectivity index (χ3v) is 3.67. The molecule has 0 saturated carbocycles. The van der Waals surface area contributed by atoms with Crippen LogP contribution in [0, 0.1) is 0 Å². The summed E-state index contributed by atoms with van der Waals surface area (Å²) in [4.78, 5) is 12.6. The quantitative estimate of drug-likeness (QED) is 0.748. The normalized spacial score (nSPS) is 12.2. The number of ether oxygens (including phenoxy) is 1. The Labute approximate surface area is 133 Å². The monoisotopic (exact) mass is 340 g/mol. The molecule has 0 aliphatic carbocycles. The van der Waals surface area contributed by atoms with Gasteiger partial charge in [0.1, 0.15) is 5.75 Å². The zero-order chi connectivity index (χ0) is 15.2. The number of nitrogens with two attached hydrogens (primary N) is 1. The minimum absolute atomic E-state index is 0. The minimum atomic E-state index is -3.07. The summed E-state index contributed by atoms with van der Waals surface area (Å²) in [6, 6.07) is 7.16. The predicted molar refractivity (Wildman–Crippen MR) is 82.6 cm³/mol. The highest BCUT2D eigenvalue weighted by molar-refractivity contribution is 8.00. The molecule has 0 aromatic heterocycles. The van der Waals surface area contributed by atoms with Crippen molar-refractivity contribution >= 4 is 30.1 Å². The number of amides is 1. The van der Waals surface area contributed by atoms with Crippen molar-refractivity contribution in [1.29, 1.82) is 0 Å². The van der Waals surface area contributed by atoms with E-state index >= 15 is 0 Å². The van der Waals surface area contributed by atoms with E-state index in [4.69, 9.17) is 10.5 Å². The number of carbonyl (C=O) groups is 1. The van der Waals surface area contributed by atoms with Crippen LogP contribution in [-0.2, 0) is 4.79 Å². The molecule has 1 unspecified atom stereocenters. The molecule has 0 bridgehead atoms. The molecule has 1 atom stereocenters. The molecule has 1 amide bonds. The maximum Gasteiger partial charge on any atom is 0.277 e. The molecule has 1 aromatic rings. The first-order valence-electron chi connectivity index (χ1n) is 6.04. The van der Waals surface area contributed by atoms with Crippen LogP contribution in [0.4, 0.5) is 8.78 Å². The maximum absolute atomic E-state index is 12.9. The Morgan fingerprint density at radius 3 is 2.48 bits per heavy atom. The third-order valence-electron chi connectivity index (χ3n) is 2.56. The predicted octanol–water partition coefficient (Wildman–Crippen LogP) is 2.31. The van der Waals surface area contributed by atoms with E-state index in [9.17, 15) is 13.6 Å². The van der Waals surface area contributed by atoms with Gasteiger partial charge in [-0.15, -0.1) is 24.2 Å². The fourth-order valence-electron chi connectivity index (χ4n) is 1.34. The summed E-state index contributed by atoms with van der Waals surface area (Å²) in [5, 5.41) is 1.73. The molecular formula is C13H19ClF2N2O2S. The van der Waals surface area contributed by atoms with Crippen LogP contribution in [0.2, 0.25) is 0 Å². The molecule has 0 spiro atoms. The highest BCUT2D eigenvalue weighted by Crippen LogP contribution is 2.25. The van der Waals surface area contributed by atoms with Crippen LogP contribution in [0.3, 0.4) is 0 Å². The minimum Gasteiger partial charge on any atom is -0.497 e. The number of thioether (sulfide) groups is 1. The zero-order valence-corrected chi connectivity index (χ0v) is 13.4. The highest BCUT2D eigenvalue weighted by atomic mass is 35.5. The summed E-state index contributed by atoms with van der Waals surface area (Å²) < 4.78 is 30.9. The summed E-state index contributed by atoms with van der Waals surface area (Å²) in [7, 11) is 1.57. The van der Waals surface area contributed by atoms with E-state index in [0.29, 0.717) is 5.75 Å². The molecule has 120 valence electrons. The van der Waals surface area contributed by atoms with Crippen LogP contribution >= 0.6 is 24.2 Å². The van der Waals surface area contributed by atoms with Crippen molar-refractivity contribution < 1.29 is 18.3 Å². The Morgan fingerprint density at radius 2 is 2.00 bits per heavy atom. The lowest BCUT2D eigenvalue weighted by Gasteiger charge is -2.17. The number of halogens is 3. The molecule has 0 heterocycles. The number of benzene rings is 1. The van der Waals surface area contributed by atoms with Crippen molar-refractivity contribution in [3.63, 3.8) is 0 Å². The number of carbonyl (C=O) groups excluding carboxylic acids is 1. The van der Waals surface area contributed by atoms with E-state index in [0.717, 1.165) is 4.90 Å². The zero-order valence-electron chi connectivity index (χ0n) is 11.8. The summed E-state index contributed by atoms with van der Waals surface area (Å²) in [5.41, 5.74) is 4.90. The van der Waals surface area contributed by atoms with Crippen molar-refractivity contribution in [3.8, 4) is 5.75 Å². The fraction of sp³-hybridized carbons (Fsp3) is 0.462. The van der Waals surface area contributed by atoms with Crippen molar-refractivity contribution in [1.82, 2.24) is 5.32 Å². The van der Waals surface area contributed by atoms with Gasteiger partial charge in [0, 0.05) is 4.90 Å². The maximum atomic E-state index is 12.9. The topological polar surface area (TPSA) is 64.3 Å². The first-order chi connectivity index (χ1) is 9.38. The van der Waals surface area contributed by atoms with E-state index in [1.54, 1.807) is 26.2 Å². The second-order valence-corrected chi connectivity index (χ2v) is 5.63. The molecular weight excluding hydrogens is 322 g/mol. The van der Waals surface area contributed by atoms with Crippen molar-refractivity contribution in [2.45, 2.75) is 23.0 Å². The van der Waals surface area contributed by atoms with Gasteiger partial charge >= 0.3 is 0 Å². The number of rotatable bonds is 7. The van der Waals surface area contributed by atoms with Gasteiger partial charge in [-0.05, 0) is 31.2 Å². The van der Waals surface area contributed by atoms with Gasteiger partial charge in [-0.1, -0.05) is 0 Å². The molecule has 0 fully saturated rings. The molecule has 4 nitrogen and oxygen atoms in total. The van der Waals surface area contributed by atoms with E-state index in [2.05, 4.69) is 5.32 Å². The first kappa shape index (κ1) is 19.9. The molecule has 21 heavy (non-hydrogen) atoms. The summed E-state index contributed by atoms with van der Waals surface area (Å²) in [6.45, 7) is 0.133. The van der Waals surface area contributed by atoms with E-state index in [-0.39, 0.29) is 12.4 Å². The lowest BCUT2D eigenvalue weighted by molar-refractivity contribution is -0.122. The molecule has 0 saturated heterocycles. The second-order valence-electron chi connectivity index (χ2n) is 4.21. The second kappa shape index (κ2) is 9.07. The van der Waals surface area contributed by atoms with Crippen LogP contribution < -0.4 is 15.8 Å². The molecule has 0 aliphatic rings. The summed E-state index contributed by atoms with van der Waals surface area (Å²) in [6.07, 6.45) is 0. The fourth-order valence-corrected chi connectivity index (χ4v) is 2.24. The lowest BCUT2D eigenvalue weighted by atomic mass is 10.3. The molecule has 0 aliphatic heterocycles. The molecule has 0 radical (unpaired) electrons. The van der Waals surface area contributed by atoms with Crippen LogP contribution in [-0.4, -0.2) is 37.3 Å². The number of alkyl halides is 2. The number of methoxy groups -OCH3 is 1. The Morgan fingerprint density at radius 1 is 1.43 bits per heavy atom. The third kappa shape index (κ3) is 6.97. The van der Waals surface area contributed by atoms with Crippen LogP contribution in [0.15, 0.2) is 29.2 Å². The summed E-state index contributed by atoms with van der Waals surface area (Å²) in [5.74, 6) is -2.80. The average Bonchev–Trinajstić information content (AvgIpc) is 2.45. The Bertz CT molecular complexity index is 446. The van der Waals surface area contributed by atoms with Gasteiger partial charge in [-0.3, -0.25) is 4.79 Å². The number of hydrogen-bond acceptors (Lipinski definition) is 4. The summed E-state index contributed by atoms with van der Waals surface area (Å²) >= 11 is 1.29. The van der Waals surface area contributed by atoms with E-state index in [1.807, 2.05) is 12.1 Å². The standard InChI is InChI=1S/C13H18F2N2O2S.ClH/c1-9(12(18)17-8-13(14,15)7-16)20-11-5-3-10(19-2)4-6-11;/h3-6,9H,7-8,16H2,1-2H3,(H,17,18);1H. The average molecular weight is 341 g/mol. The van der Waals surface area contributed by atoms with Gasteiger partial charge in [0.05, 0.1) is 25.4 Å².